The molecule has 0 unspecified atom stereocenters. The molecule has 1 atom stereocenters. The summed E-state index contributed by atoms with van der Waals surface area (Å²) in [5, 5.41) is 3.78. The van der Waals surface area contributed by atoms with Gasteiger partial charge in [0, 0.05) is 23.7 Å². The number of benzene rings is 1. The van der Waals surface area contributed by atoms with Gasteiger partial charge in [-0.3, -0.25) is 9.78 Å². The van der Waals surface area contributed by atoms with Gasteiger partial charge in [0.05, 0.1) is 11.2 Å². The van der Waals surface area contributed by atoms with E-state index in [1.54, 1.807) is 30.6 Å². The van der Waals surface area contributed by atoms with Crippen molar-refractivity contribution in [3.05, 3.63) is 59.7 Å². The molecule has 1 aliphatic carbocycles. The van der Waals surface area contributed by atoms with Crippen molar-refractivity contribution in [1.82, 2.24) is 9.97 Å². The Morgan fingerprint density at radius 3 is 2.67 bits per heavy atom. The summed E-state index contributed by atoms with van der Waals surface area (Å²) in [6, 6.07) is 8.58. The number of halogens is 1. The monoisotopic (exact) mass is 406 g/mol. The van der Waals surface area contributed by atoms with Gasteiger partial charge in [0.1, 0.15) is 5.82 Å². The number of rotatable bonds is 4. The Balaban J connectivity index is 1.42. The second-order valence-corrected chi connectivity index (χ2v) is 8.40. The predicted molar refractivity (Wildman–Crippen MR) is 118 cm³/mol. The topological polar surface area (TPSA) is 80.9 Å². The average Bonchev–Trinajstić information content (AvgIpc) is 2.75. The Morgan fingerprint density at radius 2 is 1.93 bits per heavy atom. The van der Waals surface area contributed by atoms with Crippen molar-refractivity contribution in [3.63, 3.8) is 0 Å². The first-order valence-electron chi connectivity index (χ1n) is 10.5. The zero-order valence-corrected chi connectivity index (χ0v) is 17.4. The van der Waals surface area contributed by atoms with E-state index in [4.69, 9.17) is 5.73 Å². The van der Waals surface area contributed by atoms with Gasteiger partial charge in [-0.2, -0.15) is 0 Å². The van der Waals surface area contributed by atoms with Crippen molar-refractivity contribution < 1.29 is 9.18 Å². The van der Waals surface area contributed by atoms with Crippen LogP contribution in [0, 0.1) is 24.6 Å². The standard InChI is InChI=1S/C24H27FN4O/c1-14-11-21(26)23(28-13-14)29-24(30)15(2)16-3-5-17(6-4-16)19-9-10-27-22-8-7-18(25)12-20(19)22/h7-13,15-17H,3-6,26H2,1-2H3,(H,28,29,30)/t15-,16?,17?/m1/s1. The van der Waals surface area contributed by atoms with Crippen molar-refractivity contribution in [1.29, 1.82) is 0 Å². The van der Waals surface area contributed by atoms with Gasteiger partial charge in [-0.05, 0) is 85.9 Å². The Kier molecular flexibility index (Phi) is 5.66. The highest BCUT2D eigenvalue weighted by Crippen LogP contribution is 2.41. The van der Waals surface area contributed by atoms with Crippen LogP contribution >= 0.6 is 0 Å². The molecule has 4 rings (SSSR count). The molecule has 6 heteroatoms. The summed E-state index contributed by atoms with van der Waals surface area (Å²) < 4.78 is 13.8. The second-order valence-electron chi connectivity index (χ2n) is 8.40. The van der Waals surface area contributed by atoms with Gasteiger partial charge >= 0.3 is 0 Å². The summed E-state index contributed by atoms with van der Waals surface area (Å²) in [6.07, 6.45) is 7.36. The van der Waals surface area contributed by atoms with Gasteiger partial charge < -0.3 is 11.1 Å². The third-order valence-electron chi connectivity index (χ3n) is 6.37. The molecule has 0 bridgehead atoms. The first kappa shape index (κ1) is 20.3. The second kappa shape index (κ2) is 8.38. The molecule has 3 N–H and O–H groups in total. The van der Waals surface area contributed by atoms with Crippen LogP contribution in [0.1, 0.15) is 49.7 Å². The van der Waals surface area contributed by atoms with Crippen LogP contribution in [-0.4, -0.2) is 15.9 Å². The normalized spacial score (nSPS) is 20.1. The van der Waals surface area contributed by atoms with E-state index in [0.717, 1.165) is 47.7 Å². The molecule has 1 amide bonds. The number of pyridine rings is 2. The number of nitrogens with zero attached hydrogens (tertiary/aromatic N) is 2. The molecule has 1 saturated carbocycles. The molecule has 0 aliphatic heterocycles. The lowest BCUT2D eigenvalue weighted by atomic mass is 9.73. The Hall–Kier alpha value is -3.02. The molecule has 1 fully saturated rings. The van der Waals surface area contributed by atoms with Crippen LogP contribution in [0.15, 0.2) is 42.7 Å². The smallest absolute Gasteiger partial charge is 0.228 e. The predicted octanol–water partition coefficient (Wildman–Crippen LogP) is 5.21. The number of aromatic nitrogens is 2. The van der Waals surface area contributed by atoms with Gasteiger partial charge in [-0.15, -0.1) is 0 Å². The SMILES string of the molecule is Cc1cnc(NC(=O)[C@H](C)C2CCC(c3ccnc4ccc(F)cc34)CC2)c(N)c1. The molecule has 30 heavy (non-hydrogen) atoms. The van der Waals surface area contributed by atoms with E-state index in [2.05, 4.69) is 15.3 Å². The summed E-state index contributed by atoms with van der Waals surface area (Å²) in [5.41, 5.74) is 9.40. The van der Waals surface area contributed by atoms with E-state index < -0.39 is 0 Å². The molecule has 2 heterocycles. The highest BCUT2D eigenvalue weighted by molar-refractivity contribution is 5.94. The number of anilines is 2. The number of nitrogen functional groups attached to an aromatic ring is 1. The molecule has 156 valence electrons. The van der Waals surface area contributed by atoms with Gasteiger partial charge in [-0.25, -0.2) is 9.37 Å². The lowest BCUT2D eigenvalue weighted by Crippen LogP contribution is -2.30. The minimum Gasteiger partial charge on any atom is -0.396 e. The minimum atomic E-state index is -0.236. The van der Waals surface area contributed by atoms with Crippen LogP contribution in [0.25, 0.3) is 10.9 Å². The van der Waals surface area contributed by atoms with Crippen LogP contribution in [0.2, 0.25) is 0 Å². The van der Waals surface area contributed by atoms with Crippen LogP contribution in [-0.2, 0) is 4.79 Å². The van der Waals surface area contributed by atoms with Crippen molar-refractivity contribution in [2.45, 2.75) is 45.4 Å². The number of hydrogen-bond donors (Lipinski definition) is 2. The third kappa shape index (κ3) is 4.13. The maximum absolute atomic E-state index is 13.8. The van der Waals surface area contributed by atoms with Crippen molar-refractivity contribution in [2.24, 2.45) is 11.8 Å². The summed E-state index contributed by atoms with van der Waals surface area (Å²) in [6.45, 7) is 3.89. The van der Waals surface area contributed by atoms with Crippen molar-refractivity contribution in [2.75, 3.05) is 11.1 Å². The first-order chi connectivity index (χ1) is 14.4. The highest BCUT2D eigenvalue weighted by atomic mass is 19.1. The van der Waals surface area contributed by atoms with Crippen LogP contribution in [0.3, 0.4) is 0 Å². The Labute approximate surface area is 175 Å². The fourth-order valence-corrected chi connectivity index (χ4v) is 4.57. The van der Waals surface area contributed by atoms with Gasteiger partial charge in [-0.1, -0.05) is 6.92 Å². The zero-order chi connectivity index (χ0) is 21.3. The third-order valence-corrected chi connectivity index (χ3v) is 6.37. The largest absolute Gasteiger partial charge is 0.396 e. The highest BCUT2D eigenvalue weighted by Gasteiger charge is 2.30. The lowest BCUT2D eigenvalue weighted by molar-refractivity contribution is -0.121. The summed E-state index contributed by atoms with van der Waals surface area (Å²) in [7, 11) is 0. The van der Waals surface area contributed by atoms with E-state index in [9.17, 15) is 9.18 Å². The molecular weight excluding hydrogens is 379 g/mol. The fourth-order valence-electron chi connectivity index (χ4n) is 4.57. The first-order valence-corrected chi connectivity index (χ1v) is 10.5. The number of carbonyl (C=O) groups is 1. The molecule has 5 nitrogen and oxygen atoms in total. The fraction of sp³-hybridized carbons (Fsp3) is 0.375. The number of hydrogen-bond acceptors (Lipinski definition) is 4. The minimum absolute atomic E-state index is 0.0436. The molecule has 1 aliphatic rings. The van der Waals surface area contributed by atoms with E-state index in [0.29, 0.717) is 23.3 Å². The van der Waals surface area contributed by atoms with E-state index in [1.165, 1.54) is 6.07 Å². The maximum atomic E-state index is 13.8. The van der Waals surface area contributed by atoms with Gasteiger partial charge in [0.25, 0.3) is 0 Å². The molecule has 0 spiro atoms. The maximum Gasteiger partial charge on any atom is 0.228 e. The molecule has 0 radical (unpaired) electrons. The number of carbonyl (C=O) groups excluding carboxylic acids is 1. The quantitative estimate of drug-likeness (QED) is 0.623. The molecule has 3 aromatic rings. The number of nitrogens with two attached hydrogens (primary N) is 1. The zero-order valence-electron chi connectivity index (χ0n) is 17.4. The number of nitrogens with one attached hydrogen (secondary N) is 1. The summed E-state index contributed by atoms with van der Waals surface area (Å²) in [4.78, 5) is 21.4. The number of fused-ring (bicyclic) bond motifs is 1. The van der Waals surface area contributed by atoms with Crippen LogP contribution < -0.4 is 11.1 Å². The van der Waals surface area contributed by atoms with Crippen LogP contribution in [0.4, 0.5) is 15.9 Å². The Morgan fingerprint density at radius 1 is 1.17 bits per heavy atom. The average molecular weight is 407 g/mol. The van der Waals surface area contributed by atoms with Crippen molar-refractivity contribution >= 4 is 28.3 Å². The van der Waals surface area contributed by atoms with Crippen molar-refractivity contribution in [3.8, 4) is 0 Å². The van der Waals surface area contributed by atoms with E-state index >= 15 is 0 Å². The van der Waals surface area contributed by atoms with Gasteiger partial charge in [0.15, 0.2) is 5.82 Å². The molecule has 0 saturated heterocycles. The molecular formula is C24H27FN4O. The van der Waals surface area contributed by atoms with Crippen LogP contribution in [0.5, 0.6) is 0 Å². The number of aryl methyl sites for hydroxylation is 1. The lowest BCUT2D eigenvalue weighted by Gasteiger charge is -2.32. The molecule has 1 aromatic carbocycles. The molecule has 2 aromatic heterocycles. The number of amides is 1. The summed E-state index contributed by atoms with van der Waals surface area (Å²) in [5.74, 6) is 0.685. The Bertz CT molecular complexity index is 1080. The van der Waals surface area contributed by atoms with E-state index in [1.807, 2.05) is 19.9 Å². The van der Waals surface area contributed by atoms with E-state index in [-0.39, 0.29) is 17.6 Å². The summed E-state index contributed by atoms with van der Waals surface area (Å²) >= 11 is 0. The van der Waals surface area contributed by atoms with Gasteiger partial charge in [0.2, 0.25) is 5.91 Å².